The zero-order valence-corrected chi connectivity index (χ0v) is 10.1. The Bertz CT molecular complexity index is 368. The number of aromatic hydroxyl groups is 1. The topological polar surface area (TPSA) is 49.3 Å². The van der Waals surface area contributed by atoms with Gasteiger partial charge in [-0.3, -0.25) is 4.79 Å². The van der Waals surface area contributed by atoms with Gasteiger partial charge in [0.1, 0.15) is 5.75 Å². The predicted molar refractivity (Wildman–Crippen MR) is 69.7 cm³/mol. The summed E-state index contributed by atoms with van der Waals surface area (Å²) in [6.07, 6.45) is 6.56. The van der Waals surface area contributed by atoms with Crippen LogP contribution in [0.5, 0.6) is 5.75 Å². The molecule has 0 bridgehead atoms. The van der Waals surface area contributed by atoms with Gasteiger partial charge in [-0.1, -0.05) is 31.9 Å². The number of nitrogens with one attached hydrogen (secondary N) is 1. The Morgan fingerprint density at radius 1 is 1.29 bits per heavy atom. The average Bonchev–Trinajstić information content (AvgIpc) is 2.34. The first-order valence-electron chi connectivity index (χ1n) is 5.97. The maximum absolute atomic E-state index is 11.4. The summed E-state index contributed by atoms with van der Waals surface area (Å²) in [6, 6.07) is 6.71. The van der Waals surface area contributed by atoms with Crippen LogP contribution in [-0.2, 0) is 4.79 Å². The molecule has 1 aromatic rings. The lowest BCUT2D eigenvalue weighted by Gasteiger charge is -2.00. The Labute approximate surface area is 102 Å². The van der Waals surface area contributed by atoms with Gasteiger partial charge in [-0.15, -0.1) is 0 Å². The summed E-state index contributed by atoms with van der Waals surface area (Å²) in [4.78, 5) is 11.4. The van der Waals surface area contributed by atoms with E-state index in [-0.39, 0.29) is 11.7 Å². The molecule has 0 atom stereocenters. The second kappa shape index (κ2) is 7.49. The molecule has 0 radical (unpaired) electrons. The molecule has 2 N–H and O–H groups in total. The molecule has 0 saturated heterocycles. The van der Waals surface area contributed by atoms with Gasteiger partial charge in [-0.25, -0.2) is 0 Å². The maximum Gasteiger partial charge on any atom is 0.243 e. The first-order valence-corrected chi connectivity index (χ1v) is 5.97. The van der Waals surface area contributed by atoms with Gasteiger partial charge < -0.3 is 10.4 Å². The number of unbranched alkanes of at least 4 members (excludes halogenated alkanes) is 2. The SMILES string of the molecule is CCCCCNC(=O)C=Cc1ccc(O)cc1. The van der Waals surface area contributed by atoms with E-state index in [1.807, 2.05) is 0 Å². The van der Waals surface area contributed by atoms with Gasteiger partial charge in [0.25, 0.3) is 0 Å². The Morgan fingerprint density at radius 2 is 2.00 bits per heavy atom. The molecule has 0 spiro atoms. The molecule has 1 amide bonds. The number of rotatable bonds is 6. The van der Waals surface area contributed by atoms with E-state index in [0.717, 1.165) is 31.4 Å². The Morgan fingerprint density at radius 3 is 2.65 bits per heavy atom. The number of carbonyl (C=O) groups is 1. The van der Waals surface area contributed by atoms with Crippen molar-refractivity contribution in [2.75, 3.05) is 6.54 Å². The number of phenolic OH excluding ortho intramolecular Hbond substituents is 1. The first kappa shape index (κ1) is 13.3. The van der Waals surface area contributed by atoms with Crippen molar-refractivity contribution >= 4 is 12.0 Å². The van der Waals surface area contributed by atoms with E-state index < -0.39 is 0 Å². The number of benzene rings is 1. The summed E-state index contributed by atoms with van der Waals surface area (Å²) in [7, 11) is 0. The summed E-state index contributed by atoms with van der Waals surface area (Å²) < 4.78 is 0. The molecule has 0 heterocycles. The van der Waals surface area contributed by atoms with E-state index >= 15 is 0 Å². The quantitative estimate of drug-likeness (QED) is 0.586. The molecule has 1 aromatic carbocycles. The predicted octanol–water partition coefficient (Wildman–Crippen LogP) is 2.71. The van der Waals surface area contributed by atoms with Crippen molar-refractivity contribution in [3.63, 3.8) is 0 Å². The normalized spacial score (nSPS) is 10.6. The fourth-order valence-corrected chi connectivity index (χ4v) is 1.40. The van der Waals surface area contributed by atoms with Gasteiger partial charge in [0.2, 0.25) is 5.91 Å². The number of phenols is 1. The van der Waals surface area contributed by atoms with Crippen molar-refractivity contribution in [2.24, 2.45) is 0 Å². The molecule has 0 fully saturated rings. The van der Waals surface area contributed by atoms with E-state index in [2.05, 4.69) is 12.2 Å². The molecule has 1 rings (SSSR count). The molecule has 0 saturated carbocycles. The Kier molecular flexibility index (Phi) is 5.86. The monoisotopic (exact) mass is 233 g/mol. The fourth-order valence-electron chi connectivity index (χ4n) is 1.40. The van der Waals surface area contributed by atoms with E-state index in [4.69, 9.17) is 5.11 Å². The molecular weight excluding hydrogens is 214 g/mol. The van der Waals surface area contributed by atoms with Crippen LogP contribution in [0.25, 0.3) is 6.08 Å². The third kappa shape index (κ3) is 5.76. The van der Waals surface area contributed by atoms with Crippen LogP contribution in [0.4, 0.5) is 0 Å². The van der Waals surface area contributed by atoms with E-state index in [0.29, 0.717) is 0 Å². The lowest BCUT2D eigenvalue weighted by atomic mass is 10.2. The number of hydrogen-bond acceptors (Lipinski definition) is 2. The molecule has 0 aliphatic heterocycles. The van der Waals surface area contributed by atoms with Crippen molar-refractivity contribution in [3.8, 4) is 5.75 Å². The van der Waals surface area contributed by atoms with Crippen molar-refractivity contribution < 1.29 is 9.90 Å². The lowest BCUT2D eigenvalue weighted by molar-refractivity contribution is -0.116. The van der Waals surface area contributed by atoms with E-state index in [1.165, 1.54) is 6.08 Å². The third-order valence-corrected chi connectivity index (χ3v) is 2.40. The summed E-state index contributed by atoms with van der Waals surface area (Å²) in [6.45, 7) is 2.86. The fraction of sp³-hybridized carbons (Fsp3) is 0.357. The summed E-state index contributed by atoms with van der Waals surface area (Å²) in [5, 5.41) is 11.9. The van der Waals surface area contributed by atoms with Gasteiger partial charge in [0.15, 0.2) is 0 Å². The molecule has 0 aliphatic carbocycles. The summed E-state index contributed by atoms with van der Waals surface area (Å²) >= 11 is 0. The number of amides is 1. The van der Waals surface area contributed by atoms with Crippen LogP contribution in [0.2, 0.25) is 0 Å². The minimum atomic E-state index is -0.0748. The number of hydrogen-bond donors (Lipinski definition) is 2. The molecule has 3 heteroatoms. The van der Waals surface area contributed by atoms with Crippen molar-refractivity contribution in [1.82, 2.24) is 5.32 Å². The minimum absolute atomic E-state index is 0.0748. The highest BCUT2D eigenvalue weighted by Crippen LogP contribution is 2.10. The number of carbonyl (C=O) groups excluding carboxylic acids is 1. The van der Waals surface area contributed by atoms with Crippen LogP contribution >= 0.6 is 0 Å². The molecule has 92 valence electrons. The van der Waals surface area contributed by atoms with Gasteiger partial charge in [-0.2, -0.15) is 0 Å². The maximum atomic E-state index is 11.4. The highest BCUT2D eigenvalue weighted by molar-refractivity contribution is 5.91. The van der Waals surface area contributed by atoms with Gasteiger partial charge in [-0.05, 0) is 30.2 Å². The average molecular weight is 233 g/mol. The highest BCUT2D eigenvalue weighted by Gasteiger charge is 1.94. The Hall–Kier alpha value is -1.77. The van der Waals surface area contributed by atoms with Crippen LogP contribution < -0.4 is 5.32 Å². The zero-order chi connectivity index (χ0) is 12.5. The minimum Gasteiger partial charge on any atom is -0.508 e. The van der Waals surface area contributed by atoms with Crippen molar-refractivity contribution in [3.05, 3.63) is 35.9 Å². The summed E-state index contributed by atoms with van der Waals surface area (Å²) in [5.74, 6) is 0.153. The van der Waals surface area contributed by atoms with Crippen LogP contribution in [0.1, 0.15) is 31.7 Å². The third-order valence-electron chi connectivity index (χ3n) is 2.40. The van der Waals surface area contributed by atoms with Crippen LogP contribution in [-0.4, -0.2) is 17.6 Å². The van der Waals surface area contributed by atoms with Crippen LogP contribution in [0.3, 0.4) is 0 Å². The summed E-state index contributed by atoms with van der Waals surface area (Å²) in [5.41, 5.74) is 0.895. The largest absolute Gasteiger partial charge is 0.508 e. The van der Waals surface area contributed by atoms with Gasteiger partial charge in [0, 0.05) is 12.6 Å². The van der Waals surface area contributed by atoms with Gasteiger partial charge >= 0.3 is 0 Å². The molecule has 0 aromatic heterocycles. The highest BCUT2D eigenvalue weighted by atomic mass is 16.3. The molecule has 17 heavy (non-hydrogen) atoms. The van der Waals surface area contributed by atoms with E-state index in [9.17, 15) is 4.79 Å². The first-order chi connectivity index (χ1) is 8.22. The molecular formula is C14H19NO2. The van der Waals surface area contributed by atoms with E-state index in [1.54, 1.807) is 30.3 Å². The van der Waals surface area contributed by atoms with Crippen molar-refractivity contribution in [2.45, 2.75) is 26.2 Å². The van der Waals surface area contributed by atoms with Gasteiger partial charge in [0.05, 0.1) is 0 Å². The molecule has 0 aliphatic rings. The Balaban J connectivity index is 2.32. The second-order valence-electron chi connectivity index (χ2n) is 3.92. The lowest BCUT2D eigenvalue weighted by Crippen LogP contribution is -2.21. The molecule has 3 nitrogen and oxygen atoms in total. The standard InChI is InChI=1S/C14H19NO2/c1-2-3-4-11-15-14(17)10-7-12-5-8-13(16)9-6-12/h5-10,16H,2-4,11H2,1H3,(H,15,17). The van der Waals surface area contributed by atoms with Crippen molar-refractivity contribution in [1.29, 1.82) is 0 Å². The molecule has 0 unspecified atom stereocenters. The van der Waals surface area contributed by atoms with Crippen LogP contribution in [0.15, 0.2) is 30.3 Å². The second-order valence-corrected chi connectivity index (χ2v) is 3.92. The van der Waals surface area contributed by atoms with Crippen LogP contribution in [0, 0.1) is 0 Å². The smallest absolute Gasteiger partial charge is 0.243 e. The zero-order valence-electron chi connectivity index (χ0n) is 10.1.